The molecule has 7 heteroatoms. The lowest BCUT2D eigenvalue weighted by Crippen LogP contribution is -2.26. The van der Waals surface area contributed by atoms with E-state index in [1.54, 1.807) is 19.2 Å². The van der Waals surface area contributed by atoms with Gasteiger partial charge in [-0.25, -0.2) is 9.71 Å². The molecular weight excluding hydrogens is 226 g/mol. The van der Waals surface area contributed by atoms with Gasteiger partial charge in [0.2, 0.25) is 0 Å². The number of hydrogen-bond donors (Lipinski definition) is 2. The standard InChI is InChI=1S/C7H10ClN3O2S/c1-5-3-6(7(8)10-4-5)11-14(12,13)9-2/h3-4,9,11H,1-2H3. The van der Waals surface area contributed by atoms with Crippen molar-refractivity contribution in [1.29, 1.82) is 0 Å². The highest BCUT2D eigenvalue weighted by molar-refractivity contribution is 7.90. The topological polar surface area (TPSA) is 71.1 Å². The summed E-state index contributed by atoms with van der Waals surface area (Å²) in [6.45, 7) is 1.79. The maximum atomic E-state index is 11.1. The number of nitrogens with zero attached hydrogens (tertiary/aromatic N) is 1. The van der Waals surface area contributed by atoms with Crippen LogP contribution in [0.1, 0.15) is 5.56 Å². The predicted molar refractivity (Wildman–Crippen MR) is 55.6 cm³/mol. The van der Waals surface area contributed by atoms with Gasteiger partial charge in [0.15, 0.2) is 5.15 Å². The van der Waals surface area contributed by atoms with E-state index in [-0.39, 0.29) is 10.8 Å². The summed E-state index contributed by atoms with van der Waals surface area (Å²) in [5.41, 5.74) is 1.09. The molecule has 0 unspecified atom stereocenters. The predicted octanol–water partition coefficient (Wildman–Crippen LogP) is 0.920. The minimum atomic E-state index is -3.54. The molecule has 78 valence electrons. The van der Waals surface area contributed by atoms with Crippen molar-refractivity contribution in [2.24, 2.45) is 0 Å². The minimum absolute atomic E-state index is 0.120. The van der Waals surface area contributed by atoms with Crippen LogP contribution in [0.5, 0.6) is 0 Å². The van der Waals surface area contributed by atoms with Gasteiger partial charge < -0.3 is 0 Å². The number of nitrogens with one attached hydrogen (secondary N) is 2. The molecule has 0 bridgehead atoms. The fourth-order valence-corrected chi connectivity index (χ4v) is 1.57. The molecule has 0 atom stereocenters. The van der Waals surface area contributed by atoms with Gasteiger partial charge in [-0.3, -0.25) is 4.72 Å². The third kappa shape index (κ3) is 2.83. The lowest BCUT2D eigenvalue weighted by atomic mass is 10.3. The van der Waals surface area contributed by atoms with Gasteiger partial charge in [0.05, 0.1) is 5.69 Å². The average molecular weight is 236 g/mol. The maximum absolute atomic E-state index is 11.1. The molecule has 5 nitrogen and oxygen atoms in total. The Labute approximate surface area is 87.7 Å². The van der Waals surface area contributed by atoms with Gasteiger partial charge in [-0.15, -0.1) is 0 Å². The number of halogens is 1. The molecular formula is C7H10ClN3O2S. The first-order valence-corrected chi connectivity index (χ1v) is 5.64. The number of rotatable bonds is 3. The Bertz CT molecular complexity index is 433. The van der Waals surface area contributed by atoms with Crippen molar-refractivity contribution in [3.63, 3.8) is 0 Å². The minimum Gasteiger partial charge on any atom is -0.268 e. The smallest absolute Gasteiger partial charge is 0.268 e. The largest absolute Gasteiger partial charge is 0.298 e. The normalized spacial score (nSPS) is 11.4. The van der Waals surface area contributed by atoms with Gasteiger partial charge in [0, 0.05) is 13.2 Å². The Kier molecular flexibility index (Phi) is 3.30. The van der Waals surface area contributed by atoms with Crippen LogP contribution in [0.15, 0.2) is 12.3 Å². The first-order chi connectivity index (χ1) is 6.44. The zero-order valence-corrected chi connectivity index (χ0v) is 9.28. The van der Waals surface area contributed by atoms with Crippen LogP contribution < -0.4 is 9.44 Å². The van der Waals surface area contributed by atoms with E-state index in [0.717, 1.165) is 5.56 Å². The summed E-state index contributed by atoms with van der Waals surface area (Å²) < 4.78 is 26.6. The SMILES string of the molecule is CNS(=O)(=O)Nc1cc(C)cnc1Cl. The fraction of sp³-hybridized carbons (Fsp3) is 0.286. The van der Waals surface area contributed by atoms with E-state index in [1.165, 1.54) is 7.05 Å². The highest BCUT2D eigenvalue weighted by Gasteiger charge is 2.09. The van der Waals surface area contributed by atoms with E-state index < -0.39 is 10.2 Å². The number of pyridine rings is 1. The first kappa shape index (κ1) is 11.2. The quantitative estimate of drug-likeness (QED) is 0.766. The molecule has 1 aromatic heterocycles. The molecule has 0 radical (unpaired) electrons. The van der Waals surface area contributed by atoms with Crippen molar-refractivity contribution in [2.45, 2.75) is 6.92 Å². The molecule has 2 N–H and O–H groups in total. The van der Waals surface area contributed by atoms with E-state index in [0.29, 0.717) is 0 Å². The van der Waals surface area contributed by atoms with Crippen LogP contribution in [-0.4, -0.2) is 20.4 Å². The Morgan fingerprint density at radius 3 is 2.71 bits per heavy atom. The van der Waals surface area contributed by atoms with Crippen LogP contribution >= 0.6 is 11.6 Å². The van der Waals surface area contributed by atoms with Crippen molar-refractivity contribution >= 4 is 27.5 Å². The lowest BCUT2D eigenvalue weighted by Gasteiger charge is -2.07. The van der Waals surface area contributed by atoms with Crippen LogP contribution in [0, 0.1) is 6.92 Å². The maximum Gasteiger partial charge on any atom is 0.298 e. The first-order valence-electron chi connectivity index (χ1n) is 3.78. The summed E-state index contributed by atoms with van der Waals surface area (Å²) in [5, 5.41) is 0.120. The monoisotopic (exact) mass is 235 g/mol. The molecule has 1 heterocycles. The van der Waals surface area contributed by atoms with Crippen molar-refractivity contribution in [3.05, 3.63) is 23.0 Å². The van der Waals surface area contributed by atoms with Gasteiger partial charge in [-0.2, -0.15) is 8.42 Å². The Morgan fingerprint density at radius 1 is 1.50 bits per heavy atom. The van der Waals surface area contributed by atoms with Gasteiger partial charge in [-0.1, -0.05) is 11.6 Å². The molecule has 14 heavy (non-hydrogen) atoms. The van der Waals surface area contributed by atoms with Crippen molar-refractivity contribution in [1.82, 2.24) is 9.71 Å². The molecule has 0 aromatic carbocycles. The summed E-state index contributed by atoms with van der Waals surface area (Å²) >= 11 is 5.69. The van der Waals surface area contributed by atoms with Gasteiger partial charge in [0.25, 0.3) is 10.2 Å². The molecule has 0 aliphatic carbocycles. The second-order valence-electron chi connectivity index (χ2n) is 2.66. The highest BCUT2D eigenvalue weighted by atomic mass is 35.5. The van der Waals surface area contributed by atoms with E-state index in [9.17, 15) is 8.42 Å². The van der Waals surface area contributed by atoms with Crippen molar-refractivity contribution in [2.75, 3.05) is 11.8 Å². The van der Waals surface area contributed by atoms with Crippen molar-refractivity contribution < 1.29 is 8.42 Å². The summed E-state index contributed by atoms with van der Waals surface area (Å²) in [5.74, 6) is 0. The van der Waals surface area contributed by atoms with Gasteiger partial charge >= 0.3 is 0 Å². The summed E-state index contributed by atoms with van der Waals surface area (Å²) in [7, 11) is -2.23. The molecule has 1 aromatic rings. The van der Waals surface area contributed by atoms with Crippen LogP contribution in [0.3, 0.4) is 0 Å². The molecule has 0 saturated heterocycles. The number of hydrogen-bond acceptors (Lipinski definition) is 3. The Hall–Kier alpha value is -0.850. The lowest BCUT2D eigenvalue weighted by molar-refractivity contribution is 0.593. The van der Waals surface area contributed by atoms with Gasteiger partial charge in [-0.05, 0) is 18.6 Å². The second-order valence-corrected chi connectivity index (χ2v) is 4.64. The molecule has 0 spiro atoms. The van der Waals surface area contributed by atoms with Crippen LogP contribution in [0.2, 0.25) is 5.15 Å². The molecule has 0 amide bonds. The zero-order chi connectivity index (χ0) is 10.8. The Morgan fingerprint density at radius 2 is 2.14 bits per heavy atom. The van der Waals surface area contributed by atoms with Crippen LogP contribution in [-0.2, 0) is 10.2 Å². The molecule has 1 rings (SSSR count). The second kappa shape index (κ2) is 4.12. The molecule has 0 fully saturated rings. The van der Waals surface area contributed by atoms with Crippen LogP contribution in [0.25, 0.3) is 0 Å². The number of aryl methyl sites for hydroxylation is 1. The van der Waals surface area contributed by atoms with Crippen molar-refractivity contribution in [3.8, 4) is 0 Å². The molecule has 0 saturated carbocycles. The summed E-state index contributed by atoms with van der Waals surface area (Å²) in [6.07, 6.45) is 1.56. The van der Waals surface area contributed by atoms with E-state index >= 15 is 0 Å². The molecule has 0 aliphatic heterocycles. The van der Waals surface area contributed by atoms with Gasteiger partial charge in [0.1, 0.15) is 0 Å². The zero-order valence-electron chi connectivity index (χ0n) is 7.70. The third-order valence-electron chi connectivity index (χ3n) is 1.49. The Balaban J connectivity index is 3.03. The van der Waals surface area contributed by atoms with E-state index in [2.05, 4.69) is 14.4 Å². The molecule has 0 aliphatic rings. The average Bonchev–Trinajstić information content (AvgIpc) is 2.11. The third-order valence-corrected chi connectivity index (χ3v) is 2.82. The fourth-order valence-electron chi connectivity index (χ4n) is 0.820. The number of anilines is 1. The summed E-state index contributed by atoms with van der Waals surface area (Å²) in [6, 6.07) is 1.60. The van der Waals surface area contributed by atoms with E-state index in [1.807, 2.05) is 0 Å². The van der Waals surface area contributed by atoms with Crippen LogP contribution in [0.4, 0.5) is 5.69 Å². The highest BCUT2D eigenvalue weighted by Crippen LogP contribution is 2.20. The summed E-state index contributed by atoms with van der Waals surface area (Å²) in [4.78, 5) is 3.81. The number of aromatic nitrogens is 1. The van der Waals surface area contributed by atoms with E-state index in [4.69, 9.17) is 11.6 Å².